The molecule has 0 radical (unpaired) electrons. The van der Waals surface area contributed by atoms with Crippen molar-refractivity contribution < 1.29 is 4.74 Å². The van der Waals surface area contributed by atoms with Crippen LogP contribution in [-0.4, -0.2) is 67.9 Å². The minimum atomic E-state index is 0.268. The number of nitrogens with one attached hydrogen (secondary N) is 1. The molecule has 26 heavy (non-hydrogen) atoms. The van der Waals surface area contributed by atoms with Crippen LogP contribution in [0, 0.1) is 5.92 Å². The Bertz CT molecular complexity index is 698. The van der Waals surface area contributed by atoms with Crippen molar-refractivity contribution in [1.29, 1.82) is 0 Å². The Kier molecular flexibility index (Phi) is 3.90. The summed E-state index contributed by atoms with van der Waals surface area (Å²) < 4.78 is 5.79. The molecule has 1 N–H and O–H groups in total. The molecular formula is C20H31N5O. The molecule has 1 saturated carbocycles. The number of piperidine rings is 1. The Balaban J connectivity index is 1.48. The highest BCUT2D eigenvalue weighted by Crippen LogP contribution is 2.48. The van der Waals surface area contributed by atoms with Crippen LogP contribution in [0.3, 0.4) is 0 Å². The van der Waals surface area contributed by atoms with E-state index in [0.29, 0.717) is 18.1 Å². The number of anilines is 2. The molecule has 2 saturated heterocycles. The van der Waals surface area contributed by atoms with Gasteiger partial charge < -0.3 is 19.9 Å². The highest BCUT2D eigenvalue weighted by molar-refractivity contribution is 5.56. The normalized spacial score (nSPS) is 32.2. The second-order valence-corrected chi connectivity index (χ2v) is 9.03. The van der Waals surface area contributed by atoms with E-state index in [-0.39, 0.29) is 5.41 Å². The van der Waals surface area contributed by atoms with E-state index in [2.05, 4.69) is 22.2 Å². The van der Waals surface area contributed by atoms with Crippen molar-refractivity contribution in [1.82, 2.24) is 14.9 Å². The van der Waals surface area contributed by atoms with Gasteiger partial charge in [0, 0.05) is 43.6 Å². The first-order chi connectivity index (χ1) is 12.6. The van der Waals surface area contributed by atoms with Gasteiger partial charge in [-0.05, 0) is 58.7 Å². The first-order valence-electron chi connectivity index (χ1n) is 10.2. The zero-order valence-electron chi connectivity index (χ0n) is 16.3. The highest BCUT2D eigenvalue weighted by atomic mass is 16.5. The third-order valence-corrected chi connectivity index (χ3v) is 7.28. The zero-order valence-corrected chi connectivity index (χ0v) is 16.3. The van der Waals surface area contributed by atoms with Crippen molar-refractivity contribution in [3.63, 3.8) is 0 Å². The van der Waals surface area contributed by atoms with Crippen LogP contribution in [0.5, 0.6) is 0 Å². The van der Waals surface area contributed by atoms with Gasteiger partial charge in [-0.25, -0.2) is 4.98 Å². The summed E-state index contributed by atoms with van der Waals surface area (Å²) in [5.74, 6) is 2.62. The fourth-order valence-corrected chi connectivity index (χ4v) is 5.42. The molecule has 6 nitrogen and oxygen atoms in total. The van der Waals surface area contributed by atoms with Crippen LogP contribution < -0.4 is 10.2 Å². The molecule has 1 spiro atoms. The van der Waals surface area contributed by atoms with Gasteiger partial charge in [0.05, 0.1) is 11.8 Å². The van der Waals surface area contributed by atoms with Crippen LogP contribution in [0.4, 0.5) is 11.8 Å². The largest absolute Gasteiger partial charge is 0.378 e. The van der Waals surface area contributed by atoms with Crippen molar-refractivity contribution in [3.8, 4) is 0 Å². The lowest BCUT2D eigenvalue weighted by molar-refractivity contribution is 0.0246. The maximum absolute atomic E-state index is 5.79. The number of ether oxygens (including phenoxy) is 1. The molecule has 2 aliphatic heterocycles. The minimum Gasteiger partial charge on any atom is -0.378 e. The van der Waals surface area contributed by atoms with Gasteiger partial charge in [0.15, 0.2) is 0 Å². The quantitative estimate of drug-likeness (QED) is 0.893. The van der Waals surface area contributed by atoms with E-state index in [4.69, 9.17) is 14.7 Å². The highest BCUT2D eigenvalue weighted by Gasteiger charge is 2.47. The van der Waals surface area contributed by atoms with E-state index in [1.54, 1.807) is 0 Å². The molecule has 0 bridgehead atoms. The van der Waals surface area contributed by atoms with E-state index in [0.717, 1.165) is 31.2 Å². The number of fused-ring (bicyclic) bond motifs is 3. The van der Waals surface area contributed by atoms with E-state index in [1.165, 1.54) is 50.0 Å². The van der Waals surface area contributed by atoms with Crippen molar-refractivity contribution in [2.75, 3.05) is 51.1 Å². The van der Waals surface area contributed by atoms with Gasteiger partial charge in [-0.3, -0.25) is 0 Å². The Morgan fingerprint density at radius 1 is 1.19 bits per heavy atom. The maximum Gasteiger partial charge on any atom is 0.227 e. The monoisotopic (exact) mass is 357 g/mol. The molecule has 3 atom stereocenters. The Hall–Kier alpha value is -1.40. The Morgan fingerprint density at radius 3 is 2.73 bits per heavy atom. The summed E-state index contributed by atoms with van der Waals surface area (Å²) in [5.41, 5.74) is 3.00. The van der Waals surface area contributed by atoms with Crippen molar-refractivity contribution in [3.05, 3.63) is 11.3 Å². The minimum absolute atomic E-state index is 0.268. The molecule has 2 aliphatic carbocycles. The van der Waals surface area contributed by atoms with E-state index >= 15 is 0 Å². The fourth-order valence-electron chi connectivity index (χ4n) is 5.42. The van der Waals surface area contributed by atoms with Gasteiger partial charge in [-0.2, -0.15) is 4.98 Å². The predicted octanol–water partition coefficient (Wildman–Crippen LogP) is 2.04. The topological polar surface area (TPSA) is 53.5 Å². The lowest BCUT2D eigenvalue weighted by Gasteiger charge is -2.40. The summed E-state index contributed by atoms with van der Waals surface area (Å²) in [6.45, 7) is 3.27. The van der Waals surface area contributed by atoms with Crippen LogP contribution in [0.15, 0.2) is 0 Å². The van der Waals surface area contributed by atoms with Crippen LogP contribution in [-0.2, 0) is 16.6 Å². The summed E-state index contributed by atoms with van der Waals surface area (Å²) in [7, 11) is 6.33. The molecule has 3 heterocycles. The summed E-state index contributed by atoms with van der Waals surface area (Å²) >= 11 is 0. The molecular weight excluding hydrogens is 326 g/mol. The van der Waals surface area contributed by atoms with E-state index in [1.807, 2.05) is 14.1 Å². The summed E-state index contributed by atoms with van der Waals surface area (Å²) in [6, 6.07) is 0.519. The molecule has 3 fully saturated rings. The second-order valence-electron chi connectivity index (χ2n) is 9.03. The van der Waals surface area contributed by atoms with Gasteiger partial charge >= 0.3 is 0 Å². The number of nitrogens with zero attached hydrogens (tertiary/aromatic N) is 4. The van der Waals surface area contributed by atoms with Gasteiger partial charge in [0.25, 0.3) is 0 Å². The molecule has 0 unspecified atom stereocenters. The van der Waals surface area contributed by atoms with Crippen LogP contribution >= 0.6 is 0 Å². The Labute approximate surface area is 156 Å². The summed E-state index contributed by atoms with van der Waals surface area (Å²) in [4.78, 5) is 14.5. The lowest BCUT2D eigenvalue weighted by Crippen LogP contribution is -2.47. The first-order valence-corrected chi connectivity index (χ1v) is 10.2. The molecule has 1 aromatic heterocycles. The van der Waals surface area contributed by atoms with Crippen LogP contribution in [0.2, 0.25) is 0 Å². The van der Waals surface area contributed by atoms with Crippen LogP contribution in [0.1, 0.15) is 43.4 Å². The van der Waals surface area contributed by atoms with Crippen molar-refractivity contribution in [2.45, 2.75) is 56.1 Å². The Morgan fingerprint density at radius 2 is 2.00 bits per heavy atom. The molecule has 4 aliphatic rings. The molecule has 5 rings (SSSR count). The standard InChI is InChI=1S/C20H31N5O/c1-24(2)19-22-17-14(4-6-20(17)7-9-25(3)10-8-20)18(23-19)21-15-12-16-13(15)5-11-26-16/h13,15-16H,4-12H2,1-3H3,(H,21,22,23)/t13-,15+,16+/m0/s1. The average molecular weight is 358 g/mol. The van der Waals surface area contributed by atoms with E-state index < -0.39 is 0 Å². The molecule has 142 valence electrons. The maximum atomic E-state index is 5.79. The third-order valence-electron chi connectivity index (χ3n) is 7.28. The van der Waals surface area contributed by atoms with Gasteiger partial charge in [0.1, 0.15) is 5.82 Å². The van der Waals surface area contributed by atoms with Gasteiger partial charge in [-0.1, -0.05) is 0 Å². The molecule has 0 amide bonds. The number of hydrogen-bond acceptors (Lipinski definition) is 6. The zero-order chi connectivity index (χ0) is 17.9. The fraction of sp³-hybridized carbons (Fsp3) is 0.800. The lowest BCUT2D eigenvalue weighted by atomic mass is 9.76. The smallest absolute Gasteiger partial charge is 0.227 e. The predicted molar refractivity (Wildman–Crippen MR) is 103 cm³/mol. The van der Waals surface area contributed by atoms with Crippen molar-refractivity contribution >= 4 is 11.8 Å². The number of aromatic nitrogens is 2. The number of rotatable bonds is 3. The second kappa shape index (κ2) is 6.06. The summed E-state index contributed by atoms with van der Waals surface area (Å²) in [5, 5.41) is 3.81. The molecule has 0 aromatic carbocycles. The van der Waals surface area contributed by atoms with E-state index in [9.17, 15) is 0 Å². The molecule has 1 aromatic rings. The third kappa shape index (κ3) is 2.53. The van der Waals surface area contributed by atoms with Gasteiger partial charge in [-0.15, -0.1) is 0 Å². The van der Waals surface area contributed by atoms with Crippen LogP contribution in [0.25, 0.3) is 0 Å². The summed E-state index contributed by atoms with van der Waals surface area (Å²) in [6.07, 6.45) is 7.59. The van der Waals surface area contributed by atoms with Gasteiger partial charge in [0.2, 0.25) is 5.95 Å². The molecule has 6 heteroatoms. The average Bonchev–Trinajstić information content (AvgIpc) is 3.17. The van der Waals surface area contributed by atoms with Crippen molar-refractivity contribution in [2.24, 2.45) is 5.92 Å². The first kappa shape index (κ1) is 16.8. The number of hydrogen-bond donors (Lipinski definition) is 1. The SMILES string of the molecule is CN1CCC2(CCc3c(N[C@@H]4C[C@H]5OCC[C@@H]45)nc(N(C)C)nc32)CC1. The number of likely N-dealkylation sites (tertiary alicyclic amines) is 1.